The van der Waals surface area contributed by atoms with Crippen LogP contribution in [0.5, 0.6) is 0 Å². The van der Waals surface area contributed by atoms with Crippen molar-refractivity contribution < 1.29 is 19.4 Å². The van der Waals surface area contributed by atoms with Gasteiger partial charge in [-0.15, -0.1) is 0 Å². The van der Waals surface area contributed by atoms with Gasteiger partial charge in [0.1, 0.15) is 5.60 Å². The first-order chi connectivity index (χ1) is 15.7. The molecule has 0 amide bonds. The lowest BCUT2D eigenvalue weighted by atomic mass is 9.98. The average Bonchev–Trinajstić information content (AvgIpc) is 3.02. The van der Waals surface area contributed by atoms with Crippen LogP contribution in [0.3, 0.4) is 0 Å². The van der Waals surface area contributed by atoms with Crippen LogP contribution in [0.2, 0.25) is 16.6 Å². The summed E-state index contributed by atoms with van der Waals surface area (Å²) in [7, 11) is -2.22. The fraction of sp³-hybridized carbons (Fsp3) is 0.600. The average molecular weight is 487 g/mol. The fourth-order valence-electron chi connectivity index (χ4n) is 5.58. The van der Waals surface area contributed by atoms with E-state index in [1.54, 1.807) is 26.8 Å². The molecule has 0 unspecified atom stereocenters. The molecule has 0 radical (unpaired) electrons. The van der Waals surface area contributed by atoms with Gasteiger partial charge in [-0.3, -0.25) is 9.59 Å². The number of azide groups is 1. The van der Waals surface area contributed by atoms with E-state index < -0.39 is 31.7 Å². The highest BCUT2D eigenvalue weighted by atomic mass is 28.3. The van der Waals surface area contributed by atoms with E-state index in [0.29, 0.717) is 22.3 Å². The third-order valence-electron chi connectivity index (χ3n) is 6.64. The van der Waals surface area contributed by atoms with Gasteiger partial charge in [-0.1, -0.05) is 58.8 Å². The second-order valence-electron chi connectivity index (χ2n) is 10.9. The molecule has 0 aliphatic carbocycles. The Morgan fingerprint density at radius 2 is 1.68 bits per heavy atom. The third kappa shape index (κ3) is 5.31. The first-order valence-electron chi connectivity index (χ1n) is 11.8. The Labute approximate surface area is 203 Å². The number of carboxylic acids is 1. The Bertz CT molecular complexity index is 1090. The van der Waals surface area contributed by atoms with Gasteiger partial charge in [0.25, 0.3) is 0 Å². The number of hydrogen-bond donors (Lipinski definition) is 1. The van der Waals surface area contributed by atoms with Crippen LogP contribution in [-0.2, 0) is 20.7 Å². The quantitative estimate of drug-likeness (QED) is 0.101. The van der Waals surface area contributed by atoms with E-state index in [-0.39, 0.29) is 6.42 Å². The molecule has 1 N–H and O–H groups in total. The maximum atomic E-state index is 12.8. The highest BCUT2D eigenvalue weighted by molar-refractivity contribution is 6.82. The van der Waals surface area contributed by atoms with Crippen LogP contribution in [0.15, 0.2) is 29.5 Å². The molecule has 9 heteroatoms. The van der Waals surface area contributed by atoms with Crippen molar-refractivity contribution in [3.8, 4) is 0 Å². The standard InChI is InChI=1S/C25H38N4O4Si/c1-15(2)34(16(3)4,17(5)6)29-14-18(20-11-10-19(27-28-26)13-22(20)29)12-21(23(30)31)24(32)33-25(7,8)9/h10-11,13-17,21H,12H2,1-9H3,(H,30,31)/t21-/m1/s1. The molecule has 0 saturated carbocycles. The molecule has 0 aliphatic rings. The van der Waals surface area contributed by atoms with Gasteiger partial charge in [0.05, 0.1) is 0 Å². The van der Waals surface area contributed by atoms with Crippen LogP contribution in [0.4, 0.5) is 5.69 Å². The predicted octanol–water partition coefficient (Wildman–Crippen LogP) is 7.19. The van der Waals surface area contributed by atoms with E-state index in [0.717, 1.165) is 16.5 Å². The van der Waals surface area contributed by atoms with Crippen LogP contribution in [0, 0.1) is 5.92 Å². The van der Waals surface area contributed by atoms with Gasteiger partial charge in [-0.05, 0) is 67.2 Å². The topological polar surface area (TPSA) is 117 Å². The van der Waals surface area contributed by atoms with E-state index in [2.05, 4.69) is 55.8 Å². The largest absolute Gasteiger partial charge is 0.481 e. The van der Waals surface area contributed by atoms with Crippen molar-refractivity contribution in [2.24, 2.45) is 11.0 Å². The van der Waals surface area contributed by atoms with Gasteiger partial charge in [0.15, 0.2) is 14.2 Å². The molecule has 1 heterocycles. The summed E-state index contributed by atoms with van der Waals surface area (Å²) in [5, 5.41) is 14.5. The van der Waals surface area contributed by atoms with Crippen molar-refractivity contribution in [1.29, 1.82) is 0 Å². The molecule has 0 spiro atoms. The second kappa shape index (κ2) is 10.2. The van der Waals surface area contributed by atoms with E-state index in [4.69, 9.17) is 10.3 Å². The minimum absolute atomic E-state index is 0.0212. The molecule has 2 aromatic rings. The Kier molecular flexibility index (Phi) is 8.27. The molecule has 0 bridgehead atoms. The number of rotatable bonds is 9. The van der Waals surface area contributed by atoms with E-state index in [1.165, 1.54) is 0 Å². The number of hydrogen-bond acceptors (Lipinski definition) is 4. The molecule has 1 aromatic carbocycles. The number of nitrogens with zero attached hydrogens (tertiary/aromatic N) is 4. The molecule has 34 heavy (non-hydrogen) atoms. The highest BCUT2D eigenvalue weighted by Gasteiger charge is 2.46. The summed E-state index contributed by atoms with van der Waals surface area (Å²) < 4.78 is 7.76. The number of carbonyl (C=O) groups is 2. The van der Waals surface area contributed by atoms with Crippen molar-refractivity contribution in [3.05, 3.63) is 40.4 Å². The molecule has 8 nitrogen and oxygen atoms in total. The van der Waals surface area contributed by atoms with Crippen LogP contribution >= 0.6 is 0 Å². The molecular weight excluding hydrogens is 448 g/mol. The zero-order valence-electron chi connectivity index (χ0n) is 21.8. The monoisotopic (exact) mass is 486 g/mol. The number of carbonyl (C=O) groups excluding carboxylic acids is 1. The molecular formula is C25H38N4O4Si. The van der Waals surface area contributed by atoms with E-state index in [9.17, 15) is 14.7 Å². The first kappa shape index (κ1) is 27.5. The molecule has 0 fully saturated rings. The number of carboxylic acid groups (broad SMARTS) is 1. The van der Waals surface area contributed by atoms with Crippen molar-refractivity contribution in [2.45, 2.75) is 91.0 Å². The summed E-state index contributed by atoms with van der Waals surface area (Å²) in [6.45, 7) is 18.6. The maximum Gasteiger partial charge on any atom is 0.321 e. The number of aliphatic carboxylic acids is 1. The maximum absolute atomic E-state index is 12.8. The zero-order valence-corrected chi connectivity index (χ0v) is 22.8. The second-order valence-corrected chi connectivity index (χ2v) is 16.6. The molecule has 0 saturated heterocycles. The number of fused-ring (bicyclic) bond motifs is 1. The van der Waals surface area contributed by atoms with Gasteiger partial charge < -0.3 is 14.1 Å². The van der Waals surface area contributed by atoms with E-state index >= 15 is 0 Å². The van der Waals surface area contributed by atoms with Crippen molar-refractivity contribution in [1.82, 2.24) is 4.23 Å². The van der Waals surface area contributed by atoms with Crippen LogP contribution < -0.4 is 0 Å². The summed E-state index contributed by atoms with van der Waals surface area (Å²) in [5.41, 5.74) is 11.5. The van der Waals surface area contributed by atoms with Gasteiger partial charge in [-0.25, -0.2) is 0 Å². The smallest absolute Gasteiger partial charge is 0.321 e. The Morgan fingerprint density at radius 3 is 2.12 bits per heavy atom. The van der Waals surface area contributed by atoms with Crippen molar-refractivity contribution >= 4 is 36.8 Å². The Balaban J connectivity index is 2.81. The summed E-state index contributed by atoms with van der Waals surface area (Å²) in [4.78, 5) is 27.8. The fourth-order valence-corrected chi connectivity index (χ4v) is 12.2. The highest BCUT2D eigenvalue weighted by Crippen LogP contribution is 2.45. The van der Waals surface area contributed by atoms with Crippen molar-refractivity contribution in [3.63, 3.8) is 0 Å². The third-order valence-corrected chi connectivity index (χ3v) is 13.4. The lowest BCUT2D eigenvalue weighted by Crippen LogP contribution is -2.51. The lowest BCUT2D eigenvalue weighted by Gasteiger charge is -2.44. The van der Waals surface area contributed by atoms with Gasteiger partial charge >= 0.3 is 11.9 Å². The van der Waals surface area contributed by atoms with Gasteiger partial charge in [0.2, 0.25) is 0 Å². The number of benzene rings is 1. The van der Waals surface area contributed by atoms with Crippen molar-refractivity contribution in [2.75, 3.05) is 0 Å². The first-order valence-corrected chi connectivity index (χ1v) is 14.0. The van der Waals surface area contributed by atoms with Crippen LogP contribution in [0.25, 0.3) is 21.3 Å². The van der Waals surface area contributed by atoms with Crippen LogP contribution in [-0.4, -0.2) is 35.1 Å². The van der Waals surface area contributed by atoms with Gasteiger partial charge in [-0.2, -0.15) is 0 Å². The van der Waals surface area contributed by atoms with Gasteiger partial charge in [0, 0.05) is 21.5 Å². The predicted molar refractivity (Wildman–Crippen MR) is 138 cm³/mol. The summed E-state index contributed by atoms with van der Waals surface area (Å²) in [6, 6.07) is 5.46. The SMILES string of the molecule is CC(C)[Si](C(C)C)(C(C)C)n1cc(C[C@H](C(=O)O)C(=O)OC(C)(C)C)c2ccc(N=[N+]=[N-])cc21. The minimum Gasteiger partial charge on any atom is -0.481 e. The van der Waals surface area contributed by atoms with Crippen LogP contribution in [0.1, 0.15) is 67.9 Å². The Morgan fingerprint density at radius 1 is 1.12 bits per heavy atom. The summed E-state index contributed by atoms with van der Waals surface area (Å²) >= 11 is 0. The molecule has 0 aliphatic heterocycles. The molecule has 2 rings (SSSR count). The number of esters is 1. The molecule has 1 atom stereocenters. The Hall–Kier alpha value is -2.77. The van der Waals surface area contributed by atoms with E-state index in [1.807, 2.05) is 18.3 Å². The molecule has 1 aromatic heterocycles. The molecule has 186 valence electrons. The number of aromatic nitrogens is 1. The summed E-state index contributed by atoms with van der Waals surface area (Å²) in [5.74, 6) is -3.27. The zero-order chi connectivity index (χ0) is 26.0. The lowest BCUT2D eigenvalue weighted by molar-refractivity contribution is -0.166. The summed E-state index contributed by atoms with van der Waals surface area (Å²) in [6.07, 6.45) is 2.06. The minimum atomic E-state index is -2.22. The number of ether oxygens (including phenoxy) is 1. The normalized spacial score (nSPS) is 13.4.